The molecule has 3 nitrogen and oxygen atoms in total. The van der Waals surface area contributed by atoms with Crippen LogP contribution in [0.2, 0.25) is 0 Å². The summed E-state index contributed by atoms with van der Waals surface area (Å²) in [6.45, 7) is 3.98. The van der Waals surface area contributed by atoms with Crippen LogP contribution in [0.3, 0.4) is 0 Å². The molecular formula is C24H23N3. The van der Waals surface area contributed by atoms with Crippen LogP contribution < -0.4 is 0 Å². The number of benzene rings is 3. The average molecular weight is 353 g/mol. The van der Waals surface area contributed by atoms with Crippen LogP contribution in [0.15, 0.2) is 84.0 Å². The molecule has 0 amide bonds. The van der Waals surface area contributed by atoms with Crippen molar-refractivity contribution in [2.45, 2.75) is 6.04 Å². The Bertz CT molecular complexity index is 911. The number of nitrogens with zero attached hydrogens (tertiary/aromatic N) is 3. The SMILES string of the molecule is C(=NN1CCN(C2c3ccccc3-c3ccccc32)CC1)c1ccccc1. The summed E-state index contributed by atoms with van der Waals surface area (Å²) in [7, 11) is 0. The summed E-state index contributed by atoms with van der Waals surface area (Å²) in [5, 5.41) is 6.88. The minimum atomic E-state index is 0.373. The fraction of sp³-hybridized carbons (Fsp3) is 0.208. The van der Waals surface area contributed by atoms with Gasteiger partial charge in [0.2, 0.25) is 0 Å². The van der Waals surface area contributed by atoms with Gasteiger partial charge in [0.25, 0.3) is 0 Å². The maximum atomic E-state index is 4.68. The number of hydrogen-bond acceptors (Lipinski definition) is 3. The summed E-state index contributed by atoms with van der Waals surface area (Å²) in [5.74, 6) is 0. The summed E-state index contributed by atoms with van der Waals surface area (Å²) >= 11 is 0. The second-order valence-corrected chi connectivity index (χ2v) is 7.22. The zero-order chi connectivity index (χ0) is 18.1. The maximum absolute atomic E-state index is 4.68. The first-order valence-electron chi connectivity index (χ1n) is 9.66. The van der Waals surface area contributed by atoms with Crippen molar-refractivity contribution in [3.8, 4) is 11.1 Å². The van der Waals surface area contributed by atoms with Crippen LogP contribution in [0.1, 0.15) is 22.7 Å². The van der Waals surface area contributed by atoms with E-state index >= 15 is 0 Å². The summed E-state index contributed by atoms with van der Waals surface area (Å²) in [6, 6.07) is 28.4. The Kier molecular flexibility index (Phi) is 4.23. The second-order valence-electron chi connectivity index (χ2n) is 7.22. The minimum Gasteiger partial charge on any atom is -0.294 e. The quantitative estimate of drug-likeness (QED) is 0.650. The van der Waals surface area contributed by atoms with Gasteiger partial charge in [-0.05, 0) is 27.8 Å². The van der Waals surface area contributed by atoms with Gasteiger partial charge in [-0.1, -0.05) is 78.9 Å². The molecule has 1 aliphatic heterocycles. The van der Waals surface area contributed by atoms with E-state index in [4.69, 9.17) is 0 Å². The molecule has 2 aliphatic rings. The second kappa shape index (κ2) is 7.01. The van der Waals surface area contributed by atoms with Crippen LogP contribution in [0, 0.1) is 0 Å². The van der Waals surface area contributed by atoms with Crippen LogP contribution in [0.25, 0.3) is 11.1 Å². The van der Waals surface area contributed by atoms with Crippen molar-refractivity contribution in [2.24, 2.45) is 5.10 Å². The monoisotopic (exact) mass is 353 g/mol. The standard InChI is InChI=1S/C24H23N3/c1-2-8-19(9-3-1)18-25-27-16-14-26(15-17-27)24-22-12-6-4-10-20(22)21-11-5-7-13-23(21)24/h1-13,18,24H,14-17H2. The molecule has 134 valence electrons. The average Bonchev–Trinajstić information content (AvgIpc) is 3.08. The van der Waals surface area contributed by atoms with Gasteiger partial charge in [-0.3, -0.25) is 9.91 Å². The summed E-state index contributed by atoms with van der Waals surface area (Å²) in [5.41, 5.74) is 6.82. The van der Waals surface area contributed by atoms with Gasteiger partial charge in [0.05, 0.1) is 12.3 Å². The Balaban J connectivity index is 1.33. The number of hydrazone groups is 1. The number of rotatable bonds is 3. The van der Waals surface area contributed by atoms with E-state index in [1.165, 1.54) is 22.3 Å². The molecule has 5 rings (SSSR count). The topological polar surface area (TPSA) is 18.8 Å². The summed E-state index contributed by atoms with van der Waals surface area (Å²) < 4.78 is 0. The first-order valence-corrected chi connectivity index (χ1v) is 9.66. The third-order valence-corrected chi connectivity index (χ3v) is 5.63. The van der Waals surface area contributed by atoms with E-state index in [1.54, 1.807) is 0 Å². The Labute approximate surface area is 160 Å². The molecule has 1 fully saturated rings. The Morgan fingerprint density at radius 3 is 1.85 bits per heavy atom. The van der Waals surface area contributed by atoms with Gasteiger partial charge in [0.15, 0.2) is 0 Å². The molecule has 3 aromatic carbocycles. The minimum absolute atomic E-state index is 0.373. The van der Waals surface area contributed by atoms with E-state index in [0.29, 0.717) is 6.04 Å². The molecule has 27 heavy (non-hydrogen) atoms. The van der Waals surface area contributed by atoms with Crippen molar-refractivity contribution < 1.29 is 0 Å². The van der Waals surface area contributed by atoms with Gasteiger partial charge >= 0.3 is 0 Å². The van der Waals surface area contributed by atoms with Gasteiger partial charge < -0.3 is 0 Å². The van der Waals surface area contributed by atoms with Crippen molar-refractivity contribution in [1.29, 1.82) is 0 Å². The molecule has 1 aliphatic carbocycles. The van der Waals surface area contributed by atoms with E-state index in [9.17, 15) is 0 Å². The highest BCUT2D eigenvalue weighted by Gasteiger charge is 2.33. The molecular weight excluding hydrogens is 330 g/mol. The lowest BCUT2D eigenvalue weighted by Gasteiger charge is -2.37. The molecule has 1 heterocycles. The highest BCUT2D eigenvalue weighted by Crippen LogP contribution is 2.46. The highest BCUT2D eigenvalue weighted by atomic mass is 15.5. The van der Waals surface area contributed by atoms with Crippen molar-refractivity contribution in [3.63, 3.8) is 0 Å². The number of hydrogen-bond donors (Lipinski definition) is 0. The van der Waals surface area contributed by atoms with Crippen molar-refractivity contribution in [1.82, 2.24) is 9.91 Å². The Morgan fingerprint density at radius 1 is 0.667 bits per heavy atom. The predicted octanol–water partition coefficient (Wildman–Crippen LogP) is 4.41. The lowest BCUT2D eigenvalue weighted by atomic mass is 10.0. The van der Waals surface area contributed by atoms with Gasteiger partial charge in [0, 0.05) is 26.2 Å². The van der Waals surface area contributed by atoms with Gasteiger partial charge in [-0.15, -0.1) is 0 Å². The van der Waals surface area contributed by atoms with Gasteiger partial charge in [0.1, 0.15) is 0 Å². The molecule has 0 bridgehead atoms. The zero-order valence-electron chi connectivity index (χ0n) is 15.3. The Morgan fingerprint density at radius 2 is 1.22 bits per heavy atom. The first-order chi connectivity index (χ1) is 13.4. The molecule has 0 saturated carbocycles. The Hall–Kier alpha value is -2.91. The molecule has 0 aromatic heterocycles. The van der Waals surface area contributed by atoms with Crippen molar-refractivity contribution in [2.75, 3.05) is 26.2 Å². The molecule has 3 aromatic rings. The molecule has 0 radical (unpaired) electrons. The fourth-order valence-electron chi connectivity index (χ4n) is 4.29. The molecule has 0 atom stereocenters. The third-order valence-electron chi connectivity index (χ3n) is 5.63. The lowest BCUT2D eigenvalue weighted by Crippen LogP contribution is -2.45. The molecule has 0 spiro atoms. The van der Waals surface area contributed by atoms with E-state index < -0.39 is 0 Å². The maximum Gasteiger partial charge on any atom is 0.0615 e. The molecule has 0 N–H and O–H groups in total. The van der Waals surface area contributed by atoms with E-state index in [0.717, 1.165) is 31.7 Å². The van der Waals surface area contributed by atoms with E-state index in [-0.39, 0.29) is 0 Å². The third kappa shape index (κ3) is 3.04. The van der Waals surface area contributed by atoms with Crippen LogP contribution >= 0.6 is 0 Å². The van der Waals surface area contributed by atoms with Crippen LogP contribution in [0.5, 0.6) is 0 Å². The number of piperazine rings is 1. The van der Waals surface area contributed by atoms with E-state index in [1.807, 2.05) is 24.4 Å². The largest absolute Gasteiger partial charge is 0.294 e. The van der Waals surface area contributed by atoms with Crippen molar-refractivity contribution in [3.05, 3.63) is 95.6 Å². The highest BCUT2D eigenvalue weighted by molar-refractivity contribution is 5.79. The van der Waals surface area contributed by atoms with Crippen LogP contribution in [-0.4, -0.2) is 42.3 Å². The fourth-order valence-corrected chi connectivity index (χ4v) is 4.29. The van der Waals surface area contributed by atoms with Crippen LogP contribution in [-0.2, 0) is 0 Å². The first kappa shape index (κ1) is 16.3. The summed E-state index contributed by atoms with van der Waals surface area (Å²) in [6.07, 6.45) is 1.97. The molecule has 0 unspecified atom stereocenters. The predicted molar refractivity (Wildman–Crippen MR) is 111 cm³/mol. The van der Waals surface area contributed by atoms with Gasteiger partial charge in [-0.2, -0.15) is 5.10 Å². The molecule has 3 heteroatoms. The van der Waals surface area contributed by atoms with Crippen molar-refractivity contribution >= 4 is 6.21 Å². The number of fused-ring (bicyclic) bond motifs is 3. The zero-order valence-corrected chi connectivity index (χ0v) is 15.3. The summed E-state index contributed by atoms with van der Waals surface area (Å²) in [4.78, 5) is 2.61. The van der Waals surface area contributed by atoms with Crippen LogP contribution in [0.4, 0.5) is 0 Å². The lowest BCUT2D eigenvalue weighted by molar-refractivity contribution is 0.114. The molecule has 1 saturated heterocycles. The normalized spacial score (nSPS) is 17.3. The van der Waals surface area contributed by atoms with E-state index in [2.05, 4.69) is 75.7 Å². The smallest absolute Gasteiger partial charge is 0.0615 e. The van der Waals surface area contributed by atoms with Gasteiger partial charge in [-0.25, -0.2) is 0 Å².